The molecule has 0 radical (unpaired) electrons. The molecule has 3 heterocycles. The zero-order valence-corrected chi connectivity index (χ0v) is 14.6. The number of hydrogen-bond acceptors (Lipinski definition) is 5. The summed E-state index contributed by atoms with van der Waals surface area (Å²) in [5.74, 6) is 0.196. The summed E-state index contributed by atoms with van der Waals surface area (Å²) in [6.07, 6.45) is 4.61. The number of pyridine rings is 1. The smallest absolute Gasteiger partial charge is 0.310 e. The third kappa shape index (κ3) is 3.92. The molecule has 1 atom stereocenters. The van der Waals surface area contributed by atoms with E-state index in [9.17, 15) is 4.79 Å². The fraction of sp³-hybridized carbons (Fsp3) is 0.250. The molecule has 1 unspecified atom stereocenters. The van der Waals surface area contributed by atoms with Crippen LogP contribution in [0.25, 0.3) is 11.4 Å². The maximum absolute atomic E-state index is 11.1. The van der Waals surface area contributed by atoms with Crippen LogP contribution in [0, 0.1) is 5.92 Å². The average molecular weight is 365 g/mol. The summed E-state index contributed by atoms with van der Waals surface area (Å²) in [5.41, 5.74) is 3.70. The molecule has 1 aliphatic heterocycles. The molecular weight excluding hydrogens is 346 g/mol. The Kier molecular flexibility index (Phi) is 4.74. The number of carbonyl (C=O) groups is 1. The molecule has 3 aromatic rings. The van der Waals surface area contributed by atoms with Gasteiger partial charge in [0.15, 0.2) is 0 Å². The molecule has 7 heteroatoms. The van der Waals surface area contributed by atoms with Crippen LogP contribution in [0.1, 0.15) is 11.1 Å². The van der Waals surface area contributed by atoms with E-state index < -0.39 is 11.9 Å². The molecule has 27 heavy (non-hydrogen) atoms. The Labute approximate surface area is 156 Å². The third-order valence-corrected chi connectivity index (χ3v) is 4.56. The van der Waals surface area contributed by atoms with Crippen molar-refractivity contribution in [3.63, 3.8) is 0 Å². The number of aromatic amines is 1. The van der Waals surface area contributed by atoms with E-state index in [1.807, 2.05) is 36.4 Å². The van der Waals surface area contributed by atoms with Crippen molar-refractivity contribution >= 4 is 5.97 Å². The first kappa shape index (κ1) is 17.1. The first-order valence-electron chi connectivity index (χ1n) is 8.75. The average Bonchev–Trinajstić information content (AvgIpc) is 3.23. The molecule has 0 spiro atoms. The highest BCUT2D eigenvalue weighted by Crippen LogP contribution is 2.28. The Balaban J connectivity index is 1.32. The Morgan fingerprint density at radius 1 is 1.30 bits per heavy atom. The molecule has 1 aliphatic rings. The van der Waals surface area contributed by atoms with Gasteiger partial charge in [-0.25, -0.2) is 0 Å². The second kappa shape index (κ2) is 7.49. The fourth-order valence-corrected chi connectivity index (χ4v) is 3.04. The predicted octanol–water partition coefficient (Wildman–Crippen LogP) is 2.73. The molecule has 0 saturated heterocycles. The standard InChI is InChI=1S/C20H19N3O4/c24-20(25)15-10-14-2-1-13(9-19(14)27-12-15)6-8-26-16-3-4-17(21-11-16)18-5-7-22-23-18/h1-5,7,9,11,15H,6,8,10,12H2,(H,22,23)(H,24,25). The van der Waals surface area contributed by atoms with E-state index in [1.165, 1.54) is 0 Å². The molecular formula is C20H19N3O4. The molecule has 0 amide bonds. The van der Waals surface area contributed by atoms with Gasteiger partial charge >= 0.3 is 5.97 Å². The Morgan fingerprint density at radius 2 is 2.22 bits per heavy atom. The van der Waals surface area contributed by atoms with Crippen molar-refractivity contribution < 1.29 is 19.4 Å². The van der Waals surface area contributed by atoms with Gasteiger partial charge in [0.05, 0.1) is 30.1 Å². The number of rotatable bonds is 6. The zero-order chi connectivity index (χ0) is 18.6. The molecule has 0 fully saturated rings. The van der Waals surface area contributed by atoms with E-state index in [4.69, 9.17) is 14.6 Å². The van der Waals surface area contributed by atoms with Crippen molar-refractivity contribution in [1.82, 2.24) is 15.2 Å². The van der Waals surface area contributed by atoms with Gasteiger partial charge in [-0.3, -0.25) is 14.9 Å². The minimum atomic E-state index is -0.815. The number of nitrogens with one attached hydrogen (secondary N) is 1. The van der Waals surface area contributed by atoms with Gasteiger partial charge in [-0.15, -0.1) is 0 Å². The molecule has 0 saturated carbocycles. The minimum absolute atomic E-state index is 0.219. The largest absolute Gasteiger partial charge is 0.492 e. The first-order valence-corrected chi connectivity index (χ1v) is 8.75. The van der Waals surface area contributed by atoms with Crippen LogP contribution >= 0.6 is 0 Å². The van der Waals surface area contributed by atoms with Crippen molar-refractivity contribution in [2.75, 3.05) is 13.2 Å². The van der Waals surface area contributed by atoms with Crippen LogP contribution in [0.2, 0.25) is 0 Å². The van der Waals surface area contributed by atoms with Crippen molar-refractivity contribution in [2.24, 2.45) is 5.92 Å². The molecule has 138 valence electrons. The van der Waals surface area contributed by atoms with E-state index in [1.54, 1.807) is 12.4 Å². The van der Waals surface area contributed by atoms with Gasteiger partial charge in [0.2, 0.25) is 0 Å². The lowest BCUT2D eigenvalue weighted by atomic mass is 9.95. The normalized spacial score (nSPS) is 15.6. The van der Waals surface area contributed by atoms with Crippen LogP contribution in [0.3, 0.4) is 0 Å². The van der Waals surface area contributed by atoms with Crippen LogP contribution < -0.4 is 9.47 Å². The lowest BCUT2D eigenvalue weighted by molar-refractivity contribution is -0.143. The van der Waals surface area contributed by atoms with Crippen molar-refractivity contribution in [3.05, 3.63) is 59.9 Å². The van der Waals surface area contributed by atoms with Crippen molar-refractivity contribution in [1.29, 1.82) is 0 Å². The van der Waals surface area contributed by atoms with Crippen molar-refractivity contribution in [3.8, 4) is 22.9 Å². The summed E-state index contributed by atoms with van der Waals surface area (Å²) in [6.45, 7) is 0.734. The summed E-state index contributed by atoms with van der Waals surface area (Å²) in [5, 5.41) is 15.9. The molecule has 4 rings (SSSR count). The Morgan fingerprint density at radius 3 is 2.96 bits per heavy atom. The van der Waals surface area contributed by atoms with Crippen LogP contribution in [-0.4, -0.2) is 39.5 Å². The number of fused-ring (bicyclic) bond motifs is 1. The van der Waals surface area contributed by atoms with Crippen LogP contribution in [-0.2, 0) is 17.6 Å². The van der Waals surface area contributed by atoms with Gasteiger partial charge < -0.3 is 14.6 Å². The maximum atomic E-state index is 11.1. The van der Waals surface area contributed by atoms with Gasteiger partial charge in [0.1, 0.15) is 18.1 Å². The number of hydrogen-bond donors (Lipinski definition) is 2. The number of nitrogens with zero attached hydrogens (tertiary/aromatic N) is 2. The SMILES string of the molecule is O=C(O)C1COc2cc(CCOc3ccc(-c4ccn[nH]4)nc3)ccc2C1. The minimum Gasteiger partial charge on any atom is -0.492 e. The van der Waals surface area contributed by atoms with Gasteiger partial charge in [0.25, 0.3) is 0 Å². The molecule has 0 bridgehead atoms. The van der Waals surface area contributed by atoms with Crippen LogP contribution in [0.4, 0.5) is 0 Å². The van der Waals surface area contributed by atoms with E-state index >= 15 is 0 Å². The second-order valence-corrected chi connectivity index (χ2v) is 6.44. The van der Waals surface area contributed by atoms with Gasteiger partial charge in [-0.2, -0.15) is 5.10 Å². The van der Waals surface area contributed by atoms with E-state index in [-0.39, 0.29) is 6.61 Å². The number of carboxylic acids is 1. The highest BCUT2D eigenvalue weighted by Gasteiger charge is 2.25. The summed E-state index contributed by atoms with van der Waals surface area (Å²) < 4.78 is 11.4. The topological polar surface area (TPSA) is 97.3 Å². The van der Waals surface area contributed by atoms with Gasteiger partial charge in [-0.05, 0) is 41.8 Å². The number of ether oxygens (including phenoxy) is 2. The lowest BCUT2D eigenvalue weighted by Crippen LogP contribution is -2.27. The predicted molar refractivity (Wildman–Crippen MR) is 97.8 cm³/mol. The number of aliphatic carboxylic acids is 1. The monoisotopic (exact) mass is 365 g/mol. The van der Waals surface area contributed by atoms with E-state index in [0.29, 0.717) is 18.8 Å². The van der Waals surface area contributed by atoms with E-state index in [0.717, 1.165) is 34.7 Å². The fourth-order valence-electron chi connectivity index (χ4n) is 3.04. The van der Waals surface area contributed by atoms with Gasteiger partial charge in [0, 0.05) is 12.6 Å². The second-order valence-electron chi connectivity index (χ2n) is 6.44. The molecule has 2 aromatic heterocycles. The summed E-state index contributed by atoms with van der Waals surface area (Å²) >= 11 is 0. The van der Waals surface area contributed by atoms with Gasteiger partial charge in [-0.1, -0.05) is 12.1 Å². The lowest BCUT2D eigenvalue weighted by Gasteiger charge is -2.23. The Hall–Kier alpha value is -3.35. The highest BCUT2D eigenvalue weighted by atomic mass is 16.5. The number of H-pyrrole nitrogens is 1. The Bertz CT molecular complexity index is 923. The summed E-state index contributed by atoms with van der Waals surface area (Å²) in [4.78, 5) is 15.5. The highest BCUT2D eigenvalue weighted by molar-refractivity contribution is 5.71. The number of carboxylic acid groups (broad SMARTS) is 1. The van der Waals surface area contributed by atoms with Crippen LogP contribution in [0.15, 0.2) is 48.8 Å². The molecule has 0 aliphatic carbocycles. The zero-order valence-electron chi connectivity index (χ0n) is 14.6. The van der Waals surface area contributed by atoms with Crippen LogP contribution in [0.5, 0.6) is 11.5 Å². The maximum Gasteiger partial charge on any atom is 0.310 e. The summed E-state index contributed by atoms with van der Waals surface area (Å²) in [6, 6.07) is 11.5. The summed E-state index contributed by atoms with van der Waals surface area (Å²) in [7, 11) is 0. The third-order valence-electron chi connectivity index (χ3n) is 4.56. The molecule has 1 aromatic carbocycles. The molecule has 7 nitrogen and oxygen atoms in total. The molecule has 2 N–H and O–H groups in total. The number of aromatic nitrogens is 3. The van der Waals surface area contributed by atoms with E-state index in [2.05, 4.69) is 15.2 Å². The number of benzene rings is 1. The quantitative estimate of drug-likeness (QED) is 0.697. The van der Waals surface area contributed by atoms with Crippen molar-refractivity contribution in [2.45, 2.75) is 12.8 Å². The first-order chi connectivity index (χ1) is 13.2.